The fourth-order valence-corrected chi connectivity index (χ4v) is 4.04. The van der Waals surface area contributed by atoms with E-state index in [2.05, 4.69) is 21.1 Å². The highest BCUT2D eigenvalue weighted by Gasteiger charge is 2.27. The minimum Gasteiger partial charge on any atom is -0.478 e. The van der Waals surface area contributed by atoms with Crippen LogP contribution in [0.3, 0.4) is 0 Å². The molecular weight excluding hydrogens is 330 g/mol. The van der Waals surface area contributed by atoms with Gasteiger partial charge in [-0.15, -0.1) is 0 Å². The smallest absolute Gasteiger partial charge is 0.337 e. The number of hydrogen-bond donors (Lipinski definition) is 2. The number of nitrogens with zero attached hydrogens (tertiary/aromatic N) is 4. The van der Waals surface area contributed by atoms with E-state index in [0.29, 0.717) is 23.5 Å². The summed E-state index contributed by atoms with van der Waals surface area (Å²) in [7, 11) is 0. The van der Waals surface area contributed by atoms with Crippen molar-refractivity contribution < 1.29 is 9.90 Å². The van der Waals surface area contributed by atoms with Gasteiger partial charge in [0.05, 0.1) is 30.3 Å². The second-order valence-corrected chi connectivity index (χ2v) is 6.78. The van der Waals surface area contributed by atoms with Crippen molar-refractivity contribution in [2.75, 3.05) is 0 Å². The first kappa shape index (κ1) is 16.3. The van der Waals surface area contributed by atoms with Crippen molar-refractivity contribution in [1.29, 1.82) is 5.26 Å². The minimum atomic E-state index is -1.02. The molecule has 3 heterocycles. The zero-order valence-electron chi connectivity index (χ0n) is 14.2. The Morgan fingerprint density at radius 3 is 2.96 bits per heavy atom. The Balaban J connectivity index is 1.79. The molecule has 0 unspecified atom stereocenters. The van der Waals surface area contributed by atoms with E-state index in [1.54, 1.807) is 12.4 Å². The van der Waals surface area contributed by atoms with E-state index in [1.165, 1.54) is 19.0 Å². The topological polar surface area (TPSA) is 108 Å². The normalized spacial score (nSPS) is 16.0. The third-order valence-electron chi connectivity index (χ3n) is 5.29. The van der Waals surface area contributed by atoms with Crippen LogP contribution in [-0.2, 0) is 0 Å². The van der Waals surface area contributed by atoms with Gasteiger partial charge < -0.3 is 10.1 Å². The number of fused-ring (bicyclic) bond motifs is 1. The molecule has 4 rings (SSSR count). The zero-order valence-corrected chi connectivity index (χ0v) is 14.2. The number of carboxylic acid groups (broad SMARTS) is 1. The number of aromatic amines is 1. The van der Waals surface area contributed by atoms with Crippen LogP contribution < -0.4 is 0 Å². The van der Waals surface area contributed by atoms with Gasteiger partial charge in [0.15, 0.2) is 0 Å². The van der Waals surface area contributed by atoms with E-state index in [1.807, 2.05) is 16.9 Å². The van der Waals surface area contributed by atoms with Crippen molar-refractivity contribution in [2.45, 2.75) is 38.1 Å². The number of nitriles is 1. The molecule has 0 aromatic carbocycles. The number of nitrogens with one attached hydrogen (secondary N) is 1. The van der Waals surface area contributed by atoms with Crippen molar-refractivity contribution in [3.63, 3.8) is 0 Å². The summed E-state index contributed by atoms with van der Waals surface area (Å²) in [4.78, 5) is 18.9. The van der Waals surface area contributed by atoms with Crippen LogP contribution in [0.5, 0.6) is 0 Å². The lowest BCUT2D eigenvalue weighted by molar-refractivity contribution is 0.0697. The first-order chi connectivity index (χ1) is 12.7. The monoisotopic (exact) mass is 349 g/mol. The lowest BCUT2D eigenvalue weighted by atomic mass is 9.96. The molecule has 1 saturated carbocycles. The Bertz CT molecular complexity index is 991. The van der Waals surface area contributed by atoms with Crippen molar-refractivity contribution in [1.82, 2.24) is 19.7 Å². The highest BCUT2D eigenvalue weighted by atomic mass is 16.4. The maximum absolute atomic E-state index is 11.7. The van der Waals surface area contributed by atoms with E-state index in [9.17, 15) is 15.2 Å². The maximum atomic E-state index is 11.7. The fraction of sp³-hybridized carbons (Fsp3) is 0.368. The molecule has 0 saturated heterocycles. The molecule has 3 aromatic rings. The van der Waals surface area contributed by atoms with E-state index in [4.69, 9.17) is 0 Å². The van der Waals surface area contributed by atoms with Crippen molar-refractivity contribution in [3.8, 4) is 17.2 Å². The minimum absolute atomic E-state index is 0.0353. The predicted octanol–water partition coefficient (Wildman–Crippen LogP) is 3.77. The van der Waals surface area contributed by atoms with Gasteiger partial charge in [-0.05, 0) is 24.8 Å². The average molecular weight is 349 g/mol. The molecule has 2 N–H and O–H groups in total. The standard InChI is InChI=1S/C19H19N5O2/c20-7-5-16(12-3-1-2-4-12)24-11-13(9-23-24)17-14-6-8-21-18(14)22-10-15(17)19(25)26/h6,8-12,16H,1-5H2,(H,21,22)(H,25,26)/t16-/m1/s1. The van der Waals surface area contributed by atoms with E-state index in [0.717, 1.165) is 23.8 Å². The molecule has 3 aromatic heterocycles. The van der Waals surface area contributed by atoms with Crippen LogP contribution in [-0.4, -0.2) is 30.8 Å². The molecule has 1 atom stereocenters. The molecule has 1 aliphatic rings. The molecule has 1 aliphatic carbocycles. The van der Waals surface area contributed by atoms with E-state index >= 15 is 0 Å². The molecule has 0 spiro atoms. The highest BCUT2D eigenvalue weighted by molar-refractivity contribution is 6.05. The summed E-state index contributed by atoms with van der Waals surface area (Å²) in [6, 6.07) is 4.14. The van der Waals surface area contributed by atoms with E-state index < -0.39 is 5.97 Å². The Kier molecular flexibility index (Phi) is 4.17. The Morgan fingerprint density at radius 1 is 1.42 bits per heavy atom. The van der Waals surface area contributed by atoms with E-state index in [-0.39, 0.29) is 11.6 Å². The van der Waals surface area contributed by atoms with Gasteiger partial charge in [-0.25, -0.2) is 9.78 Å². The molecule has 7 heteroatoms. The molecule has 0 aliphatic heterocycles. The number of carboxylic acids is 1. The largest absolute Gasteiger partial charge is 0.478 e. The molecule has 7 nitrogen and oxygen atoms in total. The van der Waals surface area contributed by atoms with Gasteiger partial charge in [0.1, 0.15) is 5.65 Å². The number of aromatic carboxylic acids is 1. The summed E-state index contributed by atoms with van der Waals surface area (Å²) in [5, 5.41) is 24.0. The van der Waals surface area contributed by atoms with Gasteiger partial charge in [0.25, 0.3) is 0 Å². The van der Waals surface area contributed by atoms with Crippen molar-refractivity contribution in [2.24, 2.45) is 5.92 Å². The number of carbonyl (C=O) groups is 1. The summed E-state index contributed by atoms with van der Waals surface area (Å²) < 4.78 is 1.85. The quantitative estimate of drug-likeness (QED) is 0.729. The molecule has 0 amide bonds. The first-order valence-corrected chi connectivity index (χ1v) is 8.80. The summed E-state index contributed by atoms with van der Waals surface area (Å²) in [5.41, 5.74) is 2.13. The Hall–Kier alpha value is -3.14. The van der Waals surface area contributed by atoms with Gasteiger partial charge in [-0.2, -0.15) is 10.4 Å². The van der Waals surface area contributed by atoms with Crippen LogP contribution in [0.1, 0.15) is 48.5 Å². The van der Waals surface area contributed by atoms with Crippen LogP contribution in [0.25, 0.3) is 22.2 Å². The van der Waals surface area contributed by atoms with Gasteiger partial charge in [0.2, 0.25) is 0 Å². The third-order valence-corrected chi connectivity index (χ3v) is 5.29. The summed E-state index contributed by atoms with van der Waals surface area (Å²) in [6.07, 6.45) is 11.7. The molecule has 1 fully saturated rings. The SMILES string of the molecule is N#CC[C@H](C1CCCC1)n1cc(-c2c(C(=O)O)cnc3[nH]ccc23)cn1. The van der Waals surface area contributed by atoms with Crippen LogP contribution >= 0.6 is 0 Å². The van der Waals surface area contributed by atoms with Crippen molar-refractivity contribution >= 4 is 17.0 Å². The third kappa shape index (κ3) is 2.73. The summed E-state index contributed by atoms with van der Waals surface area (Å²) >= 11 is 0. The molecule has 26 heavy (non-hydrogen) atoms. The van der Waals surface area contributed by atoms with Gasteiger partial charge >= 0.3 is 5.97 Å². The second kappa shape index (κ2) is 6.64. The van der Waals surface area contributed by atoms with Crippen LogP contribution in [0.4, 0.5) is 0 Å². The maximum Gasteiger partial charge on any atom is 0.337 e. The fourth-order valence-electron chi connectivity index (χ4n) is 4.04. The number of H-pyrrole nitrogens is 1. The summed E-state index contributed by atoms with van der Waals surface area (Å²) in [5.74, 6) is -0.571. The zero-order chi connectivity index (χ0) is 18.1. The lowest BCUT2D eigenvalue weighted by Gasteiger charge is -2.21. The molecule has 132 valence electrons. The summed E-state index contributed by atoms with van der Waals surface area (Å²) in [6.45, 7) is 0. The Labute approximate surface area is 150 Å². The van der Waals surface area contributed by atoms with Crippen LogP contribution in [0.15, 0.2) is 30.9 Å². The number of pyridine rings is 1. The van der Waals surface area contributed by atoms with Gasteiger partial charge in [-0.1, -0.05) is 12.8 Å². The number of rotatable bonds is 5. The average Bonchev–Trinajstić information content (AvgIpc) is 3.39. The molecule has 0 radical (unpaired) electrons. The lowest BCUT2D eigenvalue weighted by Crippen LogP contribution is -2.17. The van der Waals surface area contributed by atoms with Gasteiger partial charge in [-0.3, -0.25) is 4.68 Å². The highest BCUT2D eigenvalue weighted by Crippen LogP contribution is 2.37. The van der Waals surface area contributed by atoms with Crippen LogP contribution in [0, 0.1) is 17.2 Å². The van der Waals surface area contributed by atoms with Gasteiger partial charge in [0, 0.05) is 35.1 Å². The first-order valence-electron chi connectivity index (χ1n) is 8.80. The predicted molar refractivity (Wildman–Crippen MR) is 95.5 cm³/mol. The number of hydrogen-bond acceptors (Lipinski definition) is 4. The van der Waals surface area contributed by atoms with Crippen molar-refractivity contribution in [3.05, 3.63) is 36.4 Å². The molecular formula is C19H19N5O2. The van der Waals surface area contributed by atoms with Crippen LogP contribution in [0.2, 0.25) is 0 Å². The molecule has 0 bridgehead atoms. The number of aromatic nitrogens is 4. The Morgan fingerprint density at radius 2 is 2.23 bits per heavy atom. The second-order valence-electron chi connectivity index (χ2n) is 6.78.